The fourth-order valence-corrected chi connectivity index (χ4v) is 2.10. The first-order valence-electron chi connectivity index (χ1n) is 4.05. The molecule has 1 nitrogen and oxygen atoms in total. The van der Waals surface area contributed by atoms with Gasteiger partial charge in [0.25, 0.3) is 0 Å². The third kappa shape index (κ3) is 1.79. The number of nitrogens with zero attached hydrogens (tertiary/aromatic N) is 1. The van der Waals surface area contributed by atoms with E-state index in [1.54, 1.807) is 25.1 Å². The summed E-state index contributed by atoms with van der Waals surface area (Å²) in [6, 6.07) is 6.75. The van der Waals surface area contributed by atoms with Crippen molar-refractivity contribution in [2.45, 2.75) is 6.92 Å². The van der Waals surface area contributed by atoms with Crippen molar-refractivity contribution in [3.8, 4) is 10.4 Å². The van der Waals surface area contributed by atoms with Crippen LogP contribution in [0.3, 0.4) is 0 Å². The molecular formula is C10H7ClFNS. The summed E-state index contributed by atoms with van der Waals surface area (Å²) in [6.45, 7) is 1.74. The minimum absolute atomic E-state index is 0.190. The molecule has 1 aromatic carbocycles. The molecule has 0 fully saturated rings. The van der Waals surface area contributed by atoms with Gasteiger partial charge in [-0.1, -0.05) is 17.7 Å². The molecule has 72 valence electrons. The number of halogens is 2. The van der Waals surface area contributed by atoms with Gasteiger partial charge >= 0.3 is 0 Å². The van der Waals surface area contributed by atoms with Gasteiger partial charge in [0, 0.05) is 0 Å². The lowest BCUT2D eigenvalue weighted by Crippen LogP contribution is -1.81. The Bertz CT molecular complexity index is 467. The standard InChI is InChI=1S/C10H7ClFNS/c1-6-4-7(2-3-8(6)12)9-5-10(11)13-14-9/h2-5H,1H3. The van der Waals surface area contributed by atoms with Crippen LogP contribution in [-0.4, -0.2) is 4.37 Å². The SMILES string of the molecule is Cc1cc(-c2cc(Cl)ns2)ccc1F. The van der Waals surface area contributed by atoms with E-state index in [0.717, 1.165) is 10.4 Å². The van der Waals surface area contributed by atoms with E-state index in [1.165, 1.54) is 17.6 Å². The zero-order valence-corrected chi connectivity index (χ0v) is 8.99. The van der Waals surface area contributed by atoms with Crippen molar-refractivity contribution in [1.29, 1.82) is 0 Å². The molecule has 2 aromatic rings. The molecule has 4 heteroatoms. The fraction of sp³-hybridized carbons (Fsp3) is 0.100. The lowest BCUT2D eigenvalue weighted by Gasteiger charge is -1.99. The van der Waals surface area contributed by atoms with E-state index in [1.807, 2.05) is 0 Å². The van der Waals surface area contributed by atoms with E-state index < -0.39 is 0 Å². The van der Waals surface area contributed by atoms with E-state index in [4.69, 9.17) is 11.6 Å². The van der Waals surface area contributed by atoms with Gasteiger partial charge in [-0.3, -0.25) is 0 Å². The highest BCUT2D eigenvalue weighted by atomic mass is 35.5. The van der Waals surface area contributed by atoms with Crippen LogP contribution in [0, 0.1) is 12.7 Å². The van der Waals surface area contributed by atoms with Crippen LogP contribution >= 0.6 is 23.1 Å². The summed E-state index contributed by atoms with van der Waals surface area (Å²) < 4.78 is 16.9. The third-order valence-corrected chi connectivity index (χ3v) is 3.06. The van der Waals surface area contributed by atoms with Gasteiger partial charge in [0.05, 0.1) is 4.88 Å². The Morgan fingerprint density at radius 3 is 2.71 bits per heavy atom. The van der Waals surface area contributed by atoms with Crippen molar-refractivity contribution >= 4 is 23.1 Å². The largest absolute Gasteiger partial charge is 0.207 e. The topological polar surface area (TPSA) is 12.9 Å². The van der Waals surface area contributed by atoms with Gasteiger partial charge in [-0.15, -0.1) is 0 Å². The normalized spacial score (nSPS) is 10.5. The molecule has 0 aliphatic carbocycles. The summed E-state index contributed by atoms with van der Waals surface area (Å²) in [7, 11) is 0. The van der Waals surface area contributed by atoms with Crippen LogP contribution in [0.1, 0.15) is 5.56 Å². The molecule has 0 N–H and O–H groups in total. The van der Waals surface area contributed by atoms with Gasteiger partial charge in [-0.05, 0) is 47.8 Å². The molecule has 0 bridgehead atoms. The minimum atomic E-state index is -0.190. The molecule has 0 spiro atoms. The first-order valence-corrected chi connectivity index (χ1v) is 5.21. The maximum Gasteiger partial charge on any atom is 0.143 e. The number of aryl methyl sites for hydroxylation is 1. The molecule has 2 rings (SSSR count). The second-order valence-corrected chi connectivity index (χ2v) is 4.17. The predicted molar refractivity (Wildman–Crippen MR) is 57.3 cm³/mol. The molecule has 0 unspecified atom stereocenters. The molecule has 14 heavy (non-hydrogen) atoms. The molecule has 0 atom stereocenters. The van der Waals surface area contributed by atoms with Crippen molar-refractivity contribution in [3.05, 3.63) is 40.8 Å². The van der Waals surface area contributed by atoms with E-state index in [0.29, 0.717) is 10.7 Å². The zero-order chi connectivity index (χ0) is 10.1. The number of benzene rings is 1. The lowest BCUT2D eigenvalue weighted by atomic mass is 10.1. The highest BCUT2D eigenvalue weighted by Crippen LogP contribution is 2.27. The summed E-state index contributed by atoms with van der Waals surface area (Å²) >= 11 is 7.02. The summed E-state index contributed by atoms with van der Waals surface area (Å²) in [5, 5.41) is 0.479. The van der Waals surface area contributed by atoms with E-state index >= 15 is 0 Å². The fourth-order valence-electron chi connectivity index (χ4n) is 1.19. The van der Waals surface area contributed by atoms with Gasteiger partial charge in [0.2, 0.25) is 0 Å². The maximum absolute atomic E-state index is 13.0. The highest BCUT2D eigenvalue weighted by Gasteiger charge is 2.04. The molecule has 1 aromatic heterocycles. The molecular weight excluding hydrogens is 221 g/mol. The maximum atomic E-state index is 13.0. The van der Waals surface area contributed by atoms with E-state index in [2.05, 4.69) is 4.37 Å². The average Bonchev–Trinajstić information content (AvgIpc) is 2.57. The summed E-state index contributed by atoms with van der Waals surface area (Å²) in [6.07, 6.45) is 0. The van der Waals surface area contributed by atoms with Crippen LogP contribution in [0.25, 0.3) is 10.4 Å². The Morgan fingerprint density at radius 2 is 2.14 bits per heavy atom. The molecule has 0 saturated carbocycles. The highest BCUT2D eigenvalue weighted by molar-refractivity contribution is 7.09. The van der Waals surface area contributed by atoms with E-state index in [9.17, 15) is 4.39 Å². The van der Waals surface area contributed by atoms with Crippen LogP contribution in [0.5, 0.6) is 0 Å². The third-order valence-electron chi connectivity index (χ3n) is 1.92. The first kappa shape index (κ1) is 9.62. The van der Waals surface area contributed by atoms with Crippen LogP contribution in [-0.2, 0) is 0 Å². The minimum Gasteiger partial charge on any atom is -0.207 e. The summed E-state index contributed by atoms with van der Waals surface area (Å²) in [5.41, 5.74) is 1.58. The van der Waals surface area contributed by atoms with Crippen LogP contribution < -0.4 is 0 Å². The van der Waals surface area contributed by atoms with Crippen LogP contribution in [0.15, 0.2) is 24.3 Å². The number of rotatable bonds is 1. The monoisotopic (exact) mass is 227 g/mol. The van der Waals surface area contributed by atoms with Crippen molar-refractivity contribution in [3.63, 3.8) is 0 Å². The van der Waals surface area contributed by atoms with Crippen LogP contribution in [0.4, 0.5) is 4.39 Å². The van der Waals surface area contributed by atoms with Gasteiger partial charge in [0.1, 0.15) is 11.0 Å². The van der Waals surface area contributed by atoms with Gasteiger partial charge < -0.3 is 0 Å². The Morgan fingerprint density at radius 1 is 1.36 bits per heavy atom. The number of aromatic nitrogens is 1. The van der Waals surface area contributed by atoms with Gasteiger partial charge in [-0.2, -0.15) is 4.37 Å². The van der Waals surface area contributed by atoms with Crippen molar-refractivity contribution in [1.82, 2.24) is 4.37 Å². The quantitative estimate of drug-likeness (QED) is 0.720. The summed E-state index contributed by atoms with van der Waals surface area (Å²) in [4.78, 5) is 0.957. The molecule has 0 aliphatic heterocycles. The lowest BCUT2D eigenvalue weighted by molar-refractivity contribution is 0.619. The number of hydrogen-bond donors (Lipinski definition) is 0. The molecule has 0 amide bonds. The smallest absolute Gasteiger partial charge is 0.143 e. The van der Waals surface area contributed by atoms with Gasteiger partial charge in [0.15, 0.2) is 0 Å². The first-order chi connectivity index (χ1) is 6.66. The Hall–Kier alpha value is -0.930. The summed E-state index contributed by atoms with van der Waals surface area (Å²) in [5.74, 6) is -0.190. The molecule has 0 aliphatic rings. The average molecular weight is 228 g/mol. The Kier molecular flexibility index (Phi) is 2.52. The Labute approximate surface area is 90.3 Å². The van der Waals surface area contributed by atoms with Crippen molar-refractivity contribution in [2.75, 3.05) is 0 Å². The zero-order valence-electron chi connectivity index (χ0n) is 7.42. The number of hydrogen-bond acceptors (Lipinski definition) is 2. The second-order valence-electron chi connectivity index (χ2n) is 2.98. The molecule has 1 heterocycles. The van der Waals surface area contributed by atoms with E-state index in [-0.39, 0.29) is 5.82 Å². The molecule has 0 radical (unpaired) electrons. The molecule has 0 saturated heterocycles. The second kappa shape index (κ2) is 3.67. The van der Waals surface area contributed by atoms with Crippen molar-refractivity contribution in [2.24, 2.45) is 0 Å². The predicted octanol–water partition coefficient (Wildman–Crippen LogP) is 3.91. The van der Waals surface area contributed by atoms with Gasteiger partial charge in [-0.25, -0.2) is 4.39 Å². The van der Waals surface area contributed by atoms with Crippen molar-refractivity contribution < 1.29 is 4.39 Å². The van der Waals surface area contributed by atoms with Crippen LogP contribution in [0.2, 0.25) is 5.15 Å². The Balaban J connectivity index is 2.47.